The van der Waals surface area contributed by atoms with Gasteiger partial charge in [-0.15, -0.1) is 3.89 Å². The van der Waals surface area contributed by atoms with Crippen molar-refractivity contribution in [3.8, 4) is 0 Å². The van der Waals surface area contributed by atoms with Crippen LogP contribution in [0, 0.1) is 0 Å². The number of methoxy groups -OCH3 is 1. The highest BCUT2D eigenvalue weighted by molar-refractivity contribution is 7.87. The average Bonchev–Trinajstić information content (AvgIpc) is 1.57. The molecule has 0 N–H and O–H groups in total. The third-order valence-corrected chi connectivity index (χ3v) is 3.08. The molecule has 0 aromatic rings. The molecule has 10 heavy (non-hydrogen) atoms. The minimum atomic E-state index is -4.35. The lowest BCUT2D eigenvalue weighted by Crippen LogP contribution is -2.42. The molecule has 1 rings (SSSR count). The van der Waals surface area contributed by atoms with Crippen LogP contribution in [0.2, 0.25) is 0 Å². The van der Waals surface area contributed by atoms with Gasteiger partial charge in [0.1, 0.15) is 5.25 Å². The Labute approximate surface area is 59.4 Å². The minimum absolute atomic E-state index is 0.386. The molecule has 0 aromatic carbocycles. The molecule has 0 bridgehead atoms. The molecule has 2 unspecified atom stereocenters. The zero-order chi connectivity index (χ0) is 7.78. The van der Waals surface area contributed by atoms with Crippen LogP contribution in [0.1, 0.15) is 12.8 Å². The fourth-order valence-corrected chi connectivity index (χ4v) is 2.06. The first kappa shape index (κ1) is 7.94. The Morgan fingerprint density at radius 2 is 2.10 bits per heavy atom. The van der Waals surface area contributed by atoms with E-state index in [-0.39, 0.29) is 0 Å². The molecule has 0 spiro atoms. The van der Waals surface area contributed by atoms with Gasteiger partial charge in [0.25, 0.3) is 0 Å². The number of hydrogen-bond donors (Lipinski definition) is 0. The molecule has 5 heteroatoms. The summed E-state index contributed by atoms with van der Waals surface area (Å²) in [6.45, 7) is 0. The summed E-state index contributed by atoms with van der Waals surface area (Å²) in [6, 6.07) is 0. The van der Waals surface area contributed by atoms with Crippen molar-refractivity contribution >= 4 is 10.2 Å². The first-order valence-electron chi connectivity index (χ1n) is 3.02. The van der Waals surface area contributed by atoms with Crippen molar-refractivity contribution < 1.29 is 17.0 Å². The molecule has 1 aliphatic rings. The van der Waals surface area contributed by atoms with Crippen LogP contribution >= 0.6 is 0 Å². The van der Waals surface area contributed by atoms with Crippen molar-refractivity contribution in [2.24, 2.45) is 0 Å². The van der Waals surface area contributed by atoms with Crippen LogP contribution in [0.25, 0.3) is 0 Å². The second kappa shape index (κ2) is 2.47. The lowest BCUT2D eigenvalue weighted by atomic mass is 9.95. The van der Waals surface area contributed by atoms with E-state index in [9.17, 15) is 12.3 Å². The predicted octanol–water partition coefficient (Wildman–Crippen LogP) is 0.463. The molecule has 1 saturated carbocycles. The summed E-state index contributed by atoms with van der Waals surface area (Å²) in [5.41, 5.74) is 0. The third-order valence-electron chi connectivity index (χ3n) is 1.81. The van der Waals surface area contributed by atoms with Crippen LogP contribution in [-0.2, 0) is 15.0 Å². The van der Waals surface area contributed by atoms with Gasteiger partial charge in [0.05, 0.1) is 6.10 Å². The van der Waals surface area contributed by atoms with Gasteiger partial charge in [-0.1, -0.05) is 0 Å². The maximum Gasteiger partial charge on any atom is 0.307 e. The number of halogens is 1. The van der Waals surface area contributed by atoms with Crippen LogP contribution in [0.4, 0.5) is 3.89 Å². The van der Waals surface area contributed by atoms with Gasteiger partial charge in [0.15, 0.2) is 0 Å². The molecule has 0 amide bonds. The Balaban J connectivity index is 2.60. The highest BCUT2D eigenvalue weighted by Gasteiger charge is 2.41. The lowest BCUT2D eigenvalue weighted by molar-refractivity contribution is 0.0436. The van der Waals surface area contributed by atoms with E-state index in [1.165, 1.54) is 7.11 Å². The molecular weight excluding hydrogens is 159 g/mol. The summed E-state index contributed by atoms with van der Waals surface area (Å²) < 4.78 is 37.3. The van der Waals surface area contributed by atoms with Gasteiger partial charge in [-0.25, -0.2) is 0 Å². The molecule has 60 valence electrons. The van der Waals surface area contributed by atoms with Gasteiger partial charge in [-0.3, -0.25) is 0 Å². The SMILES string of the molecule is COC1CCC1S(=O)(=O)F. The molecule has 1 aliphatic carbocycles. The molecule has 0 aromatic heterocycles. The normalized spacial score (nSPS) is 33.4. The smallest absolute Gasteiger partial charge is 0.307 e. The van der Waals surface area contributed by atoms with Gasteiger partial charge < -0.3 is 4.74 Å². The average molecular weight is 168 g/mol. The topological polar surface area (TPSA) is 43.4 Å². The predicted molar refractivity (Wildman–Crippen MR) is 33.8 cm³/mol. The second-order valence-electron chi connectivity index (χ2n) is 2.37. The van der Waals surface area contributed by atoms with Crippen LogP contribution in [0.15, 0.2) is 0 Å². The van der Waals surface area contributed by atoms with E-state index >= 15 is 0 Å². The van der Waals surface area contributed by atoms with Gasteiger partial charge in [-0.05, 0) is 12.8 Å². The van der Waals surface area contributed by atoms with Crippen LogP contribution in [0.5, 0.6) is 0 Å². The highest BCUT2D eigenvalue weighted by Crippen LogP contribution is 2.29. The Morgan fingerprint density at radius 1 is 1.50 bits per heavy atom. The first-order chi connectivity index (χ1) is 4.55. The first-order valence-corrected chi connectivity index (χ1v) is 4.46. The number of hydrogen-bond acceptors (Lipinski definition) is 3. The second-order valence-corrected chi connectivity index (χ2v) is 3.92. The zero-order valence-corrected chi connectivity index (χ0v) is 6.40. The van der Waals surface area contributed by atoms with E-state index in [0.717, 1.165) is 0 Å². The number of ether oxygens (including phenoxy) is 1. The van der Waals surface area contributed by atoms with Gasteiger partial charge in [0.2, 0.25) is 0 Å². The third kappa shape index (κ3) is 1.29. The molecule has 0 saturated heterocycles. The standard InChI is InChI=1S/C5H9FO3S/c1-9-4-2-3-5(4)10(6,7)8/h4-5H,2-3H2,1H3. The summed E-state index contributed by atoms with van der Waals surface area (Å²) in [5.74, 6) is 0. The van der Waals surface area contributed by atoms with Gasteiger partial charge in [0, 0.05) is 7.11 Å². The Morgan fingerprint density at radius 3 is 2.20 bits per heavy atom. The van der Waals surface area contributed by atoms with Crippen molar-refractivity contribution in [3.05, 3.63) is 0 Å². The summed E-state index contributed by atoms with van der Waals surface area (Å²) in [5, 5.41) is -0.905. The van der Waals surface area contributed by atoms with Crippen LogP contribution < -0.4 is 0 Å². The fourth-order valence-electron chi connectivity index (χ4n) is 1.03. The van der Waals surface area contributed by atoms with Gasteiger partial charge in [-0.2, -0.15) is 8.42 Å². The van der Waals surface area contributed by atoms with E-state index in [1.54, 1.807) is 0 Å². The molecule has 0 aliphatic heterocycles. The summed E-state index contributed by atoms with van der Waals surface area (Å²) in [7, 11) is -2.96. The minimum Gasteiger partial charge on any atom is -0.380 e. The van der Waals surface area contributed by atoms with Crippen molar-refractivity contribution in [2.45, 2.75) is 24.2 Å². The Bertz CT molecular complexity index is 209. The maximum atomic E-state index is 12.2. The van der Waals surface area contributed by atoms with Crippen molar-refractivity contribution in [2.75, 3.05) is 7.11 Å². The van der Waals surface area contributed by atoms with Crippen molar-refractivity contribution in [1.82, 2.24) is 0 Å². The van der Waals surface area contributed by atoms with Crippen molar-refractivity contribution in [1.29, 1.82) is 0 Å². The molecular formula is C5H9FO3S. The quantitative estimate of drug-likeness (QED) is 0.563. The largest absolute Gasteiger partial charge is 0.380 e. The van der Waals surface area contributed by atoms with Crippen LogP contribution in [-0.4, -0.2) is 26.9 Å². The summed E-state index contributed by atoms with van der Waals surface area (Å²) in [6.07, 6.45) is 0.608. The van der Waals surface area contributed by atoms with Crippen molar-refractivity contribution in [3.63, 3.8) is 0 Å². The molecule has 0 heterocycles. The molecule has 0 radical (unpaired) electrons. The fraction of sp³-hybridized carbons (Fsp3) is 1.00. The van der Waals surface area contributed by atoms with E-state index < -0.39 is 21.6 Å². The monoisotopic (exact) mass is 168 g/mol. The summed E-state index contributed by atoms with van der Waals surface area (Å²) in [4.78, 5) is 0. The molecule has 2 atom stereocenters. The van der Waals surface area contributed by atoms with E-state index in [4.69, 9.17) is 4.74 Å². The molecule has 3 nitrogen and oxygen atoms in total. The number of rotatable bonds is 2. The van der Waals surface area contributed by atoms with E-state index in [0.29, 0.717) is 12.8 Å². The maximum absolute atomic E-state index is 12.2. The van der Waals surface area contributed by atoms with Crippen LogP contribution in [0.3, 0.4) is 0 Å². The Hall–Kier alpha value is -0.160. The Kier molecular flexibility index (Phi) is 1.96. The molecule has 1 fully saturated rings. The summed E-state index contributed by atoms with van der Waals surface area (Å²) >= 11 is 0. The van der Waals surface area contributed by atoms with E-state index in [1.807, 2.05) is 0 Å². The lowest BCUT2D eigenvalue weighted by Gasteiger charge is -2.31. The van der Waals surface area contributed by atoms with E-state index in [2.05, 4.69) is 0 Å². The highest BCUT2D eigenvalue weighted by atomic mass is 32.3. The zero-order valence-electron chi connectivity index (χ0n) is 5.58. The van der Waals surface area contributed by atoms with Gasteiger partial charge >= 0.3 is 10.2 Å².